The van der Waals surface area contributed by atoms with Crippen LogP contribution in [0.4, 0.5) is 15.8 Å². The fourth-order valence-electron chi connectivity index (χ4n) is 3.73. The van der Waals surface area contributed by atoms with Crippen molar-refractivity contribution in [3.63, 3.8) is 0 Å². The van der Waals surface area contributed by atoms with Crippen molar-refractivity contribution in [3.05, 3.63) is 65.2 Å². The normalized spacial score (nSPS) is 15.9. The molecule has 1 unspecified atom stereocenters. The van der Waals surface area contributed by atoms with Crippen molar-refractivity contribution >= 4 is 41.0 Å². The predicted octanol–water partition coefficient (Wildman–Crippen LogP) is 5.71. The van der Waals surface area contributed by atoms with Gasteiger partial charge in [0, 0.05) is 35.8 Å². The van der Waals surface area contributed by atoms with Gasteiger partial charge in [-0.1, -0.05) is 32.4 Å². The second-order valence-electron chi connectivity index (χ2n) is 8.77. The fraction of sp³-hybridized carbons (Fsp3) is 0.379. The van der Waals surface area contributed by atoms with Gasteiger partial charge in [0.1, 0.15) is 5.84 Å². The molecule has 218 valence electrons. The summed E-state index contributed by atoms with van der Waals surface area (Å²) >= 11 is 6.37. The molecule has 1 atom stereocenters. The summed E-state index contributed by atoms with van der Waals surface area (Å²) in [6, 6.07) is 9.42. The van der Waals surface area contributed by atoms with Crippen molar-refractivity contribution in [2.75, 3.05) is 31.6 Å². The highest BCUT2D eigenvalue weighted by Gasteiger charge is 2.19. The third-order valence-corrected chi connectivity index (χ3v) is 5.86. The number of aryl methyl sites for hydroxylation is 1. The number of alkyl halides is 1. The summed E-state index contributed by atoms with van der Waals surface area (Å²) in [6.45, 7) is 9.81. The summed E-state index contributed by atoms with van der Waals surface area (Å²) in [6.07, 6.45) is 6.65. The van der Waals surface area contributed by atoms with E-state index in [9.17, 15) is 4.39 Å². The number of hydrazone groups is 1. The van der Waals surface area contributed by atoms with E-state index < -0.39 is 6.17 Å². The van der Waals surface area contributed by atoms with Crippen molar-refractivity contribution in [1.82, 2.24) is 25.9 Å². The minimum atomic E-state index is -1.22. The van der Waals surface area contributed by atoms with Crippen molar-refractivity contribution in [3.8, 4) is 11.1 Å². The van der Waals surface area contributed by atoms with E-state index in [2.05, 4.69) is 46.3 Å². The average Bonchev–Trinajstić information content (AvgIpc) is 3.15. The number of nitrogens with one attached hydrogen (secondary N) is 3. The van der Waals surface area contributed by atoms with Crippen LogP contribution in [0.5, 0.6) is 0 Å². The summed E-state index contributed by atoms with van der Waals surface area (Å²) < 4.78 is 19.8. The lowest BCUT2D eigenvalue weighted by molar-refractivity contribution is 0.142. The van der Waals surface area contributed by atoms with E-state index in [4.69, 9.17) is 16.3 Å². The monoisotopic (exact) mass is 581 g/mol. The molecule has 0 spiro atoms. The summed E-state index contributed by atoms with van der Waals surface area (Å²) in [7, 11) is 0. The molecule has 0 amide bonds. The number of benzene rings is 1. The molecule has 1 aliphatic heterocycles. The van der Waals surface area contributed by atoms with E-state index in [1.165, 1.54) is 0 Å². The molecule has 3 N–H and O–H groups in total. The van der Waals surface area contributed by atoms with Gasteiger partial charge in [-0.2, -0.15) is 15.3 Å². The van der Waals surface area contributed by atoms with E-state index in [1.807, 2.05) is 58.0 Å². The van der Waals surface area contributed by atoms with Crippen LogP contribution in [0.25, 0.3) is 11.1 Å². The standard InChI is InChI=1S/C27H31ClFN9O.C2H6/c1-3-9-39-10-8-30-26-25(29)6-7-31-27(37-26)38-35-16-21-4-5-22(15-32-21)36-23-12-19(11-20(28)13-23)24-17-34-33-14-18(24)2;1-2/h4-5,11-17,25,36H,3,6-10H2,1-2H3,(H2,30,31,37,38);1-2H3/b35-16+;. The Balaban J connectivity index is 0.00000226. The van der Waals surface area contributed by atoms with Gasteiger partial charge in [0.05, 0.1) is 49.3 Å². The molecule has 0 aliphatic carbocycles. The van der Waals surface area contributed by atoms with Crippen molar-refractivity contribution in [2.45, 2.75) is 46.7 Å². The Bertz CT molecular complexity index is 1330. The smallest absolute Gasteiger partial charge is 0.217 e. The van der Waals surface area contributed by atoms with E-state index in [1.54, 1.807) is 24.8 Å². The highest BCUT2D eigenvalue weighted by molar-refractivity contribution is 6.31. The maximum absolute atomic E-state index is 14.4. The van der Waals surface area contributed by atoms with Gasteiger partial charge in [-0.15, -0.1) is 0 Å². The van der Waals surface area contributed by atoms with Crippen LogP contribution >= 0.6 is 11.6 Å². The van der Waals surface area contributed by atoms with Crippen molar-refractivity contribution < 1.29 is 9.13 Å². The summed E-state index contributed by atoms with van der Waals surface area (Å²) in [5.74, 6) is 0.552. The van der Waals surface area contributed by atoms with Crippen LogP contribution in [-0.4, -0.2) is 65.7 Å². The SMILES string of the molecule is CC.CCCOCCN=C1NC(N/N=C/c2ccc(Nc3cc(Cl)cc(-c4cnncc4C)c3)cn2)=NCCC1F. The van der Waals surface area contributed by atoms with Gasteiger partial charge in [0.15, 0.2) is 6.17 Å². The number of guanidine groups is 1. The lowest BCUT2D eigenvalue weighted by Gasteiger charge is -2.11. The Labute approximate surface area is 245 Å². The Kier molecular flexibility index (Phi) is 13.1. The topological polar surface area (TPSA) is 121 Å². The van der Waals surface area contributed by atoms with E-state index >= 15 is 0 Å². The van der Waals surface area contributed by atoms with Crippen LogP contribution in [-0.2, 0) is 4.74 Å². The van der Waals surface area contributed by atoms with Crippen molar-refractivity contribution in [1.29, 1.82) is 0 Å². The Morgan fingerprint density at radius 1 is 1.12 bits per heavy atom. The molecule has 0 bridgehead atoms. The number of aliphatic imine (C=N–C) groups is 2. The molecule has 3 heterocycles. The van der Waals surface area contributed by atoms with Gasteiger partial charge >= 0.3 is 0 Å². The summed E-state index contributed by atoms with van der Waals surface area (Å²) in [4.78, 5) is 13.0. The number of rotatable bonds is 10. The molecule has 0 saturated carbocycles. The Morgan fingerprint density at radius 2 is 1.95 bits per heavy atom. The number of hydrogen-bond donors (Lipinski definition) is 3. The van der Waals surface area contributed by atoms with Crippen LogP contribution in [0.1, 0.15) is 44.9 Å². The summed E-state index contributed by atoms with van der Waals surface area (Å²) in [5.41, 5.74) is 7.93. The molecule has 3 aromatic rings. The van der Waals surface area contributed by atoms with Crippen molar-refractivity contribution in [2.24, 2.45) is 15.1 Å². The zero-order chi connectivity index (χ0) is 29.5. The number of amidine groups is 1. The molecule has 2 aromatic heterocycles. The lowest BCUT2D eigenvalue weighted by atomic mass is 10.0. The Hall–Kier alpha value is -3.96. The van der Waals surface area contributed by atoms with Crippen LogP contribution < -0.4 is 16.1 Å². The first-order valence-electron chi connectivity index (χ1n) is 13.7. The van der Waals surface area contributed by atoms with Crippen LogP contribution in [0.2, 0.25) is 5.02 Å². The average molecular weight is 582 g/mol. The molecule has 10 nitrogen and oxygen atoms in total. The number of anilines is 2. The molecule has 0 radical (unpaired) electrons. The predicted molar refractivity (Wildman–Crippen MR) is 165 cm³/mol. The van der Waals surface area contributed by atoms with Gasteiger partial charge in [0.2, 0.25) is 5.96 Å². The number of pyridine rings is 1. The number of nitrogens with zero attached hydrogens (tertiary/aromatic N) is 6. The number of aromatic nitrogens is 3. The Morgan fingerprint density at radius 3 is 2.71 bits per heavy atom. The lowest BCUT2D eigenvalue weighted by Crippen LogP contribution is -2.41. The molecule has 0 saturated heterocycles. The second-order valence-corrected chi connectivity index (χ2v) is 9.21. The highest BCUT2D eigenvalue weighted by Crippen LogP contribution is 2.30. The van der Waals surface area contributed by atoms with Crippen LogP contribution in [0.3, 0.4) is 0 Å². The summed E-state index contributed by atoms with van der Waals surface area (Å²) in [5, 5.41) is 18.9. The molecule has 0 fully saturated rings. The maximum atomic E-state index is 14.4. The first-order valence-corrected chi connectivity index (χ1v) is 14.1. The minimum Gasteiger partial charge on any atom is -0.380 e. The number of halogens is 2. The molecule has 1 aromatic carbocycles. The van der Waals surface area contributed by atoms with Crippen LogP contribution in [0.15, 0.2) is 64.0 Å². The zero-order valence-corrected chi connectivity index (χ0v) is 24.6. The van der Waals surface area contributed by atoms with Gasteiger partial charge in [-0.05, 0) is 54.8 Å². The molecular formula is C29H37ClFN9O. The van der Waals surface area contributed by atoms with E-state index in [0.717, 1.165) is 34.5 Å². The minimum absolute atomic E-state index is 0.224. The second kappa shape index (κ2) is 17.0. The van der Waals surface area contributed by atoms with E-state index in [-0.39, 0.29) is 12.3 Å². The number of ether oxygens (including phenoxy) is 1. The molecule has 41 heavy (non-hydrogen) atoms. The third kappa shape index (κ3) is 10.2. The quantitative estimate of drug-likeness (QED) is 0.159. The zero-order valence-electron chi connectivity index (χ0n) is 23.9. The largest absolute Gasteiger partial charge is 0.380 e. The molecule has 4 rings (SSSR count). The first-order chi connectivity index (χ1) is 20.0. The van der Waals surface area contributed by atoms with E-state index in [0.29, 0.717) is 43.0 Å². The highest BCUT2D eigenvalue weighted by atomic mass is 35.5. The number of hydrogen-bond acceptors (Lipinski definition) is 9. The molecular weight excluding hydrogens is 545 g/mol. The fourth-order valence-corrected chi connectivity index (χ4v) is 3.96. The van der Waals surface area contributed by atoms with Gasteiger partial charge in [-0.25, -0.2) is 9.82 Å². The van der Waals surface area contributed by atoms with Gasteiger partial charge in [-0.3, -0.25) is 15.0 Å². The molecule has 12 heteroatoms. The van der Waals surface area contributed by atoms with Gasteiger partial charge < -0.3 is 15.4 Å². The van der Waals surface area contributed by atoms with Gasteiger partial charge in [0.25, 0.3) is 0 Å². The third-order valence-electron chi connectivity index (χ3n) is 5.64. The molecule has 1 aliphatic rings. The maximum Gasteiger partial charge on any atom is 0.217 e. The van der Waals surface area contributed by atoms with Crippen LogP contribution in [0, 0.1) is 6.92 Å². The first kappa shape index (κ1) is 31.6.